The molecule has 1 N–H and O–H groups in total. The Morgan fingerprint density at radius 1 is 1.13 bits per heavy atom. The van der Waals surface area contributed by atoms with Crippen LogP contribution in [0, 0.1) is 0 Å². The molecule has 4 nitrogen and oxygen atoms in total. The van der Waals surface area contributed by atoms with Crippen molar-refractivity contribution < 1.29 is 14.3 Å². The summed E-state index contributed by atoms with van der Waals surface area (Å²) in [6, 6.07) is 14.7. The van der Waals surface area contributed by atoms with Crippen molar-refractivity contribution in [3.8, 4) is 11.5 Å². The first-order valence-corrected chi connectivity index (χ1v) is 7.49. The molecular formula is C19H21NO3. The van der Waals surface area contributed by atoms with Crippen LogP contribution >= 0.6 is 0 Å². The van der Waals surface area contributed by atoms with Crippen LogP contribution in [0.15, 0.2) is 60.3 Å². The van der Waals surface area contributed by atoms with Gasteiger partial charge in [-0.05, 0) is 38.1 Å². The van der Waals surface area contributed by atoms with Crippen molar-refractivity contribution >= 4 is 11.5 Å². The normalized spacial score (nSPS) is 11.0. The summed E-state index contributed by atoms with van der Waals surface area (Å²) < 4.78 is 10.6. The molecule has 0 aliphatic heterocycles. The summed E-state index contributed by atoms with van der Waals surface area (Å²) in [5.41, 5.74) is 2.23. The van der Waals surface area contributed by atoms with E-state index in [0.717, 1.165) is 17.1 Å². The zero-order valence-electron chi connectivity index (χ0n) is 13.6. The second kappa shape index (κ2) is 8.03. The molecule has 120 valence electrons. The molecule has 0 radical (unpaired) electrons. The van der Waals surface area contributed by atoms with Gasteiger partial charge in [0.2, 0.25) is 0 Å². The Morgan fingerprint density at radius 2 is 1.87 bits per heavy atom. The lowest BCUT2D eigenvalue weighted by Gasteiger charge is -2.09. The maximum Gasteiger partial charge on any atom is 0.187 e. The minimum atomic E-state index is -0.0742. The van der Waals surface area contributed by atoms with E-state index in [1.807, 2.05) is 44.2 Å². The first kappa shape index (κ1) is 16.6. The van der Waals surface area contributed by atoms with Crippen molar-refractivity contribution in [3.63, 3.8) is 0 Å². The molecule has 0 amide bonds. The summed E-state index contributed by atoms with van der Waals surface area (Å²) in [5.74, 6) is 1.39. The number of allylic oxidation sites excluding steroid dienone is 2. The van der Waals surface area contributed by atoms with Crippen LogP contribution in [-0.2, 0) is 0 Å². The predicted molar refractivity (Wildman–Crippen MR) is 92.3 cm³/mol. The first-order valence-electron chi connectivity index (χ1n) is 7.49. The number of anilines is 1. The van der Waals surface area contributed by atoms with Gasteiger partial charge in [0.1, 0.15) is 11.5 Å². The molecule has 0 fully saturated rings. The second-order valence-electron chi connectivity index (χ2n) is 5.01. The Kier molecular flexibility index (Phi) is 5.80. The molecule has 2 rings (SSSR count). The van der Waals surface area contributed by atoms with Gasteiger partial charge in [-0.2, -0.15) is 0 Å². The third-order valence-electron chi connectivity index (χ3n) is 3.19. The maximum atomic E-state index is 12.3. The molecule has 0 saturated carbocycles. The van der Waals surface area contributed by atoms with E-state index in [-0.39, 0.29) is 5.78 Å². The molecule has 0 saturated heterocycles. The smallest absolute Gasteiger partial charge is 0.187 e. The Morgan fingerprint density at radius 3 is 2.61 bits per heavy atom. The highest BCUT2D eigenvalue weighted by Gasteiger charge is 2.05. The van der Waals surface area contributed by atoms with Gasteiger partial charge in [-0.1, -0.05) is 18.2 Å². The molecule has 0 aliphatic rings. The van der Waals surface area contributed by atoms with Crippen molar-refractivity contribution in [3.05, 3.63) is 65.9 Å². The lowest BCUT2D eigenvalue weighted by molar-refractivity contribution is 0.104. The van der Waals surface area contributed by atoms with Crippen molar-refractivity contribution in [1.82, 2.24) is 0 Å². The number of ketones is 1. The molecular weight excluding hydrogens is 290 g/mol. The summed E-state index contributed by atoms with van der Waals surface area (Å²) >= 11 is 0. The molecule has 0 unspecified atom stereocenters. The van der Waals surface area contributed by atoms with E-state index in [4.69, 9.17) is 9.47 Å². The van der Waals surface area contributed by atoms with Crippen molar-refractivity contribution in [2.75, 3.05) is 19.0 Å². The summed E-state index contributed by atoms with van der Waals surface area (Å²) in [5, 5.41) is 3.20. The van der Waals surface area contributed by atoms with E-state index >= 15 is 0 Å². The molecule has 23 heavy (non-hydrogen) atoms. The van der Waals surface area contributed by atoms with Crippen LogP contribution in [0.3, 0.4) is 0 Å². The molecule has 0 heterocycles. The number of rotatable bonds is 7. The lowest BCUT2D eigenvalue weighted by atomic mass is 10.1. The van der Waals surface area contributed by atoms with E-state index in [1.54, 1.807) is 31.4 Å². The number of hydrogen-bond acceptors (Lipinski definition) is 4. The highest BCUT2D eigenvalue weighted by molar-refractivity contribution is 6.05. The number of ether oxygens (including phenoxy) is 2. The fourth-order valence-electron chi connectivity index (χ4n) is 2.15. The van der Waals surface area contributed by atoms with E-state index < -0.39 is 0 Å². The van der Waals surface area contributed by atoms with Crippen LogP contribution in [-0.4, -0.2) is 19.5 Å². The largest absolute Gasteiger partial charge is 0.497 e. The predicted octanol–water partition coefficient (Wildman–Crippen LogP) is 4.29. The van der Waals surface area contributed by atoms with Crippen LogP contribution in [0.1, 0.15) is 24.2 Å². The van der Waals surface area contributed by atoms with Gasteiger partial charge in [0.05, 0.1) is 13.7 Å². The molecule has 0 spiro atoms. The summed E-state index contributed by atoms with van der Waals surface area (Å²) in [6.07, 6.45) is 1.57. The Labute approximate surface area is 136 Å². The van der Waals surface area contributed by atoms with Crippen LogP contribution in [0.25, 0.3) is 0 Å². The summed E-state index contributed by atoms with van der Waals surface area (Å²) in [6.45, 7) is 4.41. The van der Waals surface area contributed by atoms with Gasteiger partial charge < -0.3 is 14.8 Å². The summed E-state index contributed by atoms with van der Waals surface area (Å²) in [7, 11) is 1.58. The van der Waals surface area contributed by atoms with Crippen molar-refractivity contribution in [2.24, 2.45) is 0 Å². The number of methoxy groups -OCH3 is 1. The second-order valence-corrected chi connectivity index (χ2v) is 5.01. The first-order chi connectivity index (χ1) is 11.1. The standard InChI is InChI=1S/C19H21NO3/c1-4-23-18-10-6-8-16(13-18)20-14(2)11-19(21)15-7-5-9-17(12-15)22-3/h5-13,20H,4H2,1-3H3. The third-order valence-corrected chi connectivity index (χ3v) is 3.19. The van der Waals surface area contributed by atoms with Gasteiger partial charge in [0.15, 0.2) is 5.78 Å². The quantitative estimate of drug-likeness (QED) is 0.612. The minimum Gasteiger partial charge on any atom is -0.497 e. The van der Waals surface area contributed by atoms with Crippen LogP contribution in [0.4, 0.5) is 5.69 Å². The minimum absolute atomic E-state index is 0.0742. The van der Waals surface area contributed by atoms with Gasteiger partial charge >= 0.3 is 0 Å². The monoisotopic (exact) mass is 311 g/mol. The zero-order chi connectivity index (χ0) is 16.7. The van der Waals surface area contributed by atoms with Gasteiger partial charge in [0, 0.05) is 29.1 Å². The molecule has 0 atom stereocenters. The van der Waals surface area contributed by atoms with E-state index in [9.17, 15) is 4.79 Å². The SMILES string of the molecule is CCOc1cccc(NC(C)=CC(=O)c2cccc(OC)c2)c1. The van der Waals surface area contributed by atoms with Gasteiger partial charge in [-0.25, -0.2) is 0 Å². The topological polar surface area (TPSA) is 47.6 Å². The number of carbonyl (C=O) groups excluding carboxylic acids is 1. The summed E-state index contributed by atoms with van der Waals surface area (Å²) in [4.78, 5) is 12.3. The van der Waals surface area contributed by atoms with Crippen LogP contribution < -0.4 is 14.8 Å². The number of nitrogens with one attached hydrogen (secondary N) is 1. The van der Waals surface area contributed by atoms with Gasteiger partial charge in [-0.15, -0.1) is 0 Å². The van der Waals surface area contributed by atoms with Gasteiger partial charge in [-0.3, -0.25) is 4.79 Å². The number of carbonyl (C=O) groups is 1. The third kappa shape index (κ3) is 4.88. The Bertz CT molecular complexity index is 707. The Balaban J connectivity index is 2.09. The lowest BCUT2D eigenvalue weighted by Crippen LogP contribution is -2.02. The van der Waals surface area contributed by atoms with Crippen LogP contribution in [0.2, 0.25) is 0 Å². The average molecular weight is 311 g/mol. The maximum absolute atomic E-state index is 12.3. The van der Waals surface area contributed by atoms with E-state index in [0.29, 0.717) is 17.9 Å². The fourth-order valence-corrected chi connectivity index (χ4v) is 2.15. The molecule has 2 aromatic carbocycles. The average Bonchev–Trinajstić information content (AvgIpc) is 2.55. The van der Waals surface area contributed by atoms with Crippen molar-refractivity contribution in [2.45, 2.75) is 13.8 Å². The fraction of sp³-hybridized carbons (Fsp3) is 0.211. The van der Waals surface area contributed by atoms with Crippen molar-refractivity contribution in [1.29, 1.82) is 0 Å². The molecule has 2 aromatic rings. The van der Waals surface area contributed by atoms with E-state index in [2.05, 4.69) is 5.32 Å². The molecule has 4 heteroatoms. The number of hydrogen-bond donors (Lipinski definition) is 1. The Hall–Kier alpha value is -2.75. The highest BCUT2D eigenvalue weighted by Crippen LogP contribution is 2.19. The highest BCUT2D eigenvalue weighted by atomic mass is 16.5. The molecule has 0 bridgehead atoms. The van der Waals surface area contributed by atoms with Crippen LogP contribution in [0.5, 0.6) is 11.5 Å². The molecule has 0 aliphatic carbocycles. The molecule has 0 aromatic heterocycles. The van der Waals surface area contributed by atoms with Gasteiger partial charge in [0.25, 0.3) is 0 Å². The zero-order valence-corrected chi connectivity index (χ0v) is 13.6. The van der Waals surface area contributed by atoms with E-state index in [1.165, 1.54) is 0 Å². The number of benzene rings is 2.